The second-order valence-electron chi connectivity index (χ2n) is 5.12. The van der Waals surface area contributed by atoms with Crippen molar-refractivity contribution in [1.29, 1.82) is 0 Å². The van der Waals surface area contributed by atoms with Crippen LogP contribution < -0.4 is 14.4 Å². The summed E-state index contributed by atoms with van der Waals surface area (Å²) in [4.78, 5) is 13.3. The quantitative estimate of drug-likeness (QED) is 0.868. The fraction of sp³-hybridized carbons (Fsp3) is 0.500. The smallest absolute Gasteiger partial charge is 0.339 e. The average molecular weight is 279 g/mol. The number of aliphatic hydroxyl groups excluding tert-OH is 1. The zero-order valence-corrected chi connectivity index (χ0v) is 11.0. The summed E-state index contributed by atoms with van der Waals surface area (Å²) in [7, 11) is 0. The molecule has 0 atom stereocenters. The third-order valence-corrected chi connectivity index (χ3v) is 3.94. The number of piperidine rings is 1. The Kier molecular flexibility index (Phi) is 3.40. The van der Waals surface area contributed by atoms with E-state index in [1.54, 1.807) is 12.1 Å². The SMILES string of the molecule is O=C(O)c1ccc(N2CCC(CO)CC2)c2c1OCO2. The summed E-state index contributed by atoms with van der Waals surface area (Å²) in [6, 6.07) is 3.33. The predicted molar refractivity (Wildman–Crippen MR) is 71.5 cm³/mol. The molecule has 0 aliphatic carbocycles. The molecule has 108 valence electrons. The van der Waals surface area contributed by atoms with E-state index in [2.05, 4.69) is 4.90 Å². The number of anilines is 1. The van der Waals surface area contributed by atoms with E-state index in [9.17, 15) is 9.90 Å². The van der Waals surface area contributed by atoms with Crippen LogP contribution in [0.25, 0.3) is 0 Å². The highest BCUT2D eigenvalue weighted by molar-refractivity contribution is 5.94. The Bertz CT molecular complexity index is 523. The minimum Gasteiger partial charge on any atom is -0.478 e. The molecule has 3 rings (SSSR count). The van der Waals surface area contributed by atoms with Crippen molar-refractivity contribution in [2.24, 2.45) is 5.92 Å². The van der Waals surface area contributed by atoms with Gasteiger partial charge in [-0.05, 0) is 30.9 Å². The summed E-state index contributed by atoms with van der Waals surface area (Å²) in [6.45, 7) is 1.93. The molecular weight excluding hydrogens is 262 g/mol. The standard InChI is InChI=1S/C14H17NO5/c16-7-9-3-5-15(6-4-9)11-2-1-10(14(17)18)12-13(11)20-8-19-12/h1-2,9,16H,3-8H2,(H,17,18). The van der Waals surface area contributed by atoms with E-state index in [0.29, 0.717) is 17.4 Å². The van der Waals surface area contributed by atoms with Gasteiger partial charge < -0.3 is 24.6 Å². The van der Waals surface area contributed by atoms with Crippen molar-refractivity contribution in [3.05, 3.63) is 17.7 Å². The topological polar surface area (TPSA) is 79.2 Å². The van der Waals surface area contributed by atoms with Gasteiger partial charge in [0, 0.05) is 19.7 Å². The first kappa shape index (κ1) is 13.1. The van der Waals surface area contributed by atoms with Gasteiger partial charge in [0.2, 0.25) is 6.79 Å². The summed E-state index contributed by atoms with van der Waals surface area (Å²) in [6.07, 6.45) is 1.85. The molecule has 1 saturated heterocycles. The van der Waals surface area contributed by atoms with Crippen LogP contribution in [0.15, 0.2) is 12.1 Å². The minimum atomic E-state index is -1.02. The molecule has 2 aliphatic rings. The van der Waals surface area contributed by atoms with E-state index in [1.165, 1.54) is 0 Å². The second kappa shape index (κ2) is 5.20. The summed E-state index contributed by atoms with van der Waals surface area (Å²) >= 11 is 0. The predicted octanol–water partition coefficient (Wildman–Crippen LogP) is 1.32. The maximum Gasteiger partial charge on any atom is 0.339 e. The molecule has 6 nitrogen and oxygen atoms in total. The number of fused-ring (bicyclic) bond motifs is 1. The summed E-state index contributed by atoms with van der Waals surface area (Å²) in [5, 5.41) is 18.3. The van der Waals surface area contributed by atoms with Crippen LogP contribution in [0, 0.1) is 5.92 Å². The molecule has 0 bridgehead atoms. The van der Waals surface area contributed by atoms with E-state index in [1.807, 2.05) is 0 Å². The number of nitrogens with zero attached hydrogens (tertiary/aromatic N) is 1. The first-order chi connectivity index (χ1) is 9.70. The number of aromatic carboxylic acids is 1. The molecule has 0 spiro atoms. The molecule has 0 unspecified atom stereocenters. The van der Waals surface area contributed by atoms with Crippen LogP contribution >= 0.6 is 0 Å². The summed E-state index contributed by atoms with van der Waals surface area (Å²) in [5.74, 6) is 0.179. The molecule has 2 heterocycles. The van der Waals surface area contributed by atoms with Gasteiger partial charge in [-0.15, -0.1) is 0 Å². The fourth-order valence-electron chi connectivity index (χ4n) is 2.76. The Morgan fingerprint density at radius 1 is 1.25 bits per heavy atom. The normalized spacial score (nSPS) is 18.4. The lowest BCUT2D eigenvalue weighted by atomic mass is 9.97. The number of ether oxygens (including phenoxy) is 2. The molecule has 20 heavy (non-hydrogen) atoms. The van der Waals surface area contributed by atoms with Gasteiger partial charge in [-0.3, -0.25) is 0 Å². The van der Waals surface area contributed by atoms with Crippen LogP contribution in [-0.2, 0) is 0 Å². The zero-order chi connectivity index (χ0) is 14.1. The van der Waals surface area contributed by atoms with Crippen molar-refractivity contribution in [2.45, 2.75) is 12.8 Å². The largest absolute Gasteiger partial charge is 0.478 e. The van der Waals surface area contributed by atoms with Gasteiger partial charge in [0.1, 0.15) is 5.56 Å². The number of benzene rings is 1. The van der Waals surface area contributed by atoms with Crippen molar-refractivity contribution >= 4 is 11.7 Å². The van der Waals surface area contributed by atoms with Gasteiger partial charge in [-0.2, -0.15) is 0 Å². The van der Waals surface area contributed by atoms with Crippen molar-refractivity contribution in [1.82, 2.24) is 0 Å². The molecule has 1 aromatic rings. The Morgan fingerprint density at radius 2 is 1.95 bits per heavy atom. The molecule has 6 heteroatoms. The lowest BCUT2D eigenvalue weighted by Crippen LogP contribution is -2.34. The maximum absolute atomic E-state index is 11.2. The van der Waals surface area contributed by atoms with Crippen LogP contribution in [0.4, 0.5) is 5.69 Å². The molecule has 1 fully saturated rings. The second-order valence-corrected chi connectivity index (χ2v) is 5.12. The van der Waals surface area contributed by atoms with Gasteiger partial charge in [-0.25, -0.2) is 4.79 Å². The lowest BCUT2D eigenvalue weighted by molar-refractivity contribution is 0.0692. The molecule has 0 radical (unpaired) electrons. The van der Waals surface area contributed by atoms with E-state index in [4.69, 9.17) is 14.6 Å². The Morgan fingerprint density at radius 3 is 2.60 bits per heavy atom. The molecule has 0 aromatic heterocycles. The van der Waals surface area contributed by atoms with E-state index >= 15 is 0 Å². The first-order valence-corrected chi connectivity index (χ1v) is 6.72. The van der Waals surface area contributed by atoms with Crippen LogP contribution in [0.5, 0.6) is 11.5 Å². The van der Waals surface area contributed by atoms with Gasteiger partial charge in [0.25, 0.3) is 0 Å². The fourth-order valence-corrected chi connectivity index (χ4v) is 2.76. The molecule has 1 aromatic carbocycles. The Hall–Kier alpha value is -1.95. The van der Waals surface area contributed by atoms with Crippen molar-refractivity contribution in [3.63, 3.8) is 0 Å². The number of aliphatic hydroxyl groups is 1. The third-order valence-electron chi connectivity index (χ3n) is 3.94. The number of rotatable bonds is 3. The van der Waals surface area contributed by atoms with Gasteiger partial charge in [0.15, 0.2) is 11.5 Å². The van der Waals surface area contributed by atoms with Gasteiger partial charge >= 0.3 is 5.97 Å². The minimum absolute atomic E-state index is 0.0553. The number of hydrogen-bond acceptors (Lipinski definition) is 5. The van der Waals surface area contributed by atoms with E-state index < -0.39 is 5.97 Å². The van der Waals surface area contributed by atoms with Crippen molar-refractivity contribution in [3.8, 4) is 11.5 Å². The Balaban J connectivity index is 1.88. The number of carbonyl (C=O) groups is 1. The van der Waals surface area contributed by atoms with Crippen LogP contribution in [-0.4, -0.2) is 42.7 Å². The molecule has 2 N–H and O–H groups in total. The first-order valence-electron chi connectivity index (χ1n) is 6.72. The zero-order valence-electron chi connectivity index (χ0n) is 11.0. The van der Waals surface area contributed by atoms with Gasteiger partial charge in [0.05, 0.1) is 5.69 Å². The summed E-state index contributed by atoms with van der Waals surface area (Å²) in [5.41, 5.74) is 1.00. The lowest BCUT2D eigenvalue weighted by Gasteiger charge is -2.33. The third kappa shape index (κ3) is 2.16. The van der Waals surface area contributed by atoms with Crippen LogP contribution in [0.1, 0.15) is 23.2 Å². The van der Waals surface area contributed by atoms with Gasteiger partial charge in [-0.1, -0.05) is 0 Å². The monoisotopic (exact) mass is 279 g/mol. The average Bonchev–Trinajstić information content (AvgIpc) is 2.95. The van der Waals surface area contributed by atoms with E-state index in [-0.39, 0.29) is 19.0 Å². The Labute approximate surface area is 116 Å². The maximum atomic E-state index is 11.2. The van der Waals surface area contributed by atoms with E-state index in [0.717, 1.165) is 31.6 Å². The number of carboxylic acid groups (broad SMARTS) is 1. The van der Waals surface area contributed by atoms with Crippen LogP contribution in [0.2, 0.25) is 0 Å². The number of hydrogen-bond donors (Lipinski definition) is 2. The number of carboxylic acids is 1. The highest BCUT2D eigenvalue weighted by Gasteiger charge is 2.29. The molecular formula is C14H17NO5. The highest BCUT2D eigenvalue weighted by Crippen LogP contribution is 2.44. The summed E-state index contributed by atoms with van der Waals surface area (Å²) < 4.78 is 10.7. The van der Waals surface area contributed by atoms with Crippen molar-refractivity contribution in [2.75, 3.05) is 31.4 Å². The molecule has 2 aliphatic heterocycles. The molecule has 0 saturated carbocycles. The highest BCUT2D eigenvalue weighted by atomic mass is 16.7. The molecule has 0 amide bonds. The van der Waals surface area contributed by atoms with Crippen molar-refractivity contribution < 1.29 is 24.5 Å². The van der Waals surface area contributed by atoms with Crippen LogP contribution in [0.3, 0.4) is 0 Å².